The van der Waals surface area contributed by atoms with Gasteiger partial charge >= 0.3 is 6.36 Å². The van der Waals surface area contributed by atoms with Gasteiger partial charge in [-0.15, -0.1) is 13.2 Å². The number of benzene rings is 1. The molecule has 0 radical (unpaired) electrons. The summed E-state index contributed by atoms with van der Waals surface area (Å²) >= 11 is 0. The number of nitrogens with zero attached hydrogens (tertiary/aromatic N) is 4. The molecular weight excluding hydrogens is 463 g/mol. The van der Waals surface area contributed by atoms with Gasteiger partial charge < -0.3 is 14.6 Å². The van der Waals surface area contributed by atoms with Gasteiger partial charge in [-0.1, -0.05) is 12.1 Å². The van der Waals surface area contributed by atoms with Crippen LogP contribution in [-0.2, 0) is 24.8 Å². The Hall–Kier alpha value is -3.34. The smallest absolute Gasteiger partial charge is 0.406 e. The number of carbonyl (C=O) groups excluding carboxylic acids is 1. The van der Waals surface area contributed by atoms with Crippen molar-refractivity contribution in [2.75, 3.05) is 26.2 Å². The van der Waals surface area contributed by atoms with Crippen LogP contribution in [0.4, 0.5) is 13.2 Å². The van der Waals surface area contributed by atoms with E-state index in [1.54, 1.807) is 28.8 Å². The van der Waals surface area contributed by atoms with Gasteiger partial charge in [0.05, 0.1) is 5.69 Å². The number of rotatable bonds is 6. The van der Waals surface area contributed by atoms with E-state index in [4.69, 9.17) is 0 Å². The van der Waals surface area contributed by atoms with Crippen molar-refractivity contribution < 1.29 is 22.7 Å². The highest BCUT2D eigenvalue weighted by Crippen LogP contribution is 2.24. The van der Waals surface area contributed by atoms with Gasteiger partial charge in [0.1, 0.15) is 11.4 Å². The predicted octanol–water partition coefficient (Wildman–Crippen LogP) is 3.05. The molecule has 1 aliphatic heterocycles. The number of aryl methyl sites for hydroxylation is 3. The topological polar surface area (TPSA) is 83.5 Å². The molecule has 0 unspecified atom stereocenters. The molecule has 1 aromatic carbocycles. The zero-order valence-corrected chi connectivity index (χ0v) is 19.9. The van der Waals surface area contributed by atoms with Crippen molar-refractivity contribution in [2.24, 2.45) is 7.05 Å². The standard InChI is InChI=1S/C24H28F3N5O3/c1-15-19(23(34)28-22-21(15)16(2)29-30(22)3)8-9-20(33)32-12-10-31(11-13-32)14-17-4-6-18(7-5-17)35-24(25,26)27/h4-7H,8-14H2,1-3H3,(H,28,34). The monoisotopic (exact) mass is 491 g/mol. The summed E-state index contributed by atoms with van der Waals surface area (Å²) < 4.78 is 42.5. The maximum Gasteiger partial charge on any atom is 0.573 e. The second-order valence-electron chi connectivity index (χ2n) is 8.84. The Labute approximate surface area is 200 Å². The summed E-state index contributed by atoms with van der Waals surface area (Å²) in [5.74, 6) is -0.247. The molecule has 0 saturated carbocycles. The van der Waals surface area contributed by atoms with Crippen LogP contribution in [0.1, 0.15) is 28.8 Å². The molecule has 0 aliphatic carbocycles. The van der Waals surface area contributed by atoms with Gasteiger partial charge in [-0.3, -0.25) is 19.2 Å². The van der Waals surface area contributed by atoms with Crippen LogP contribution in [0.2, 0.25) is 0 Å². The molecule has 0 atom stereocenters. The molecule has 2 aromatic heterocycles. The van der Waals surface area contributed by atoms with E-state index in [1.807, 2.05) is 13.8 Å². The Morgan fingerprint density at radius 3 is 2.40 bits per heavy atom. The molecular formula is C24H28F3N5O3. The first-order valence-electron chi connectivity index (χ1n) is 11.4. The second kappa shape index (κ2) is 9.73. The first-order chi connectivity index (χ1) is 16.5. The number of piperazine rings is 1. The van der Waals surface area contributed by atoms with E-state index in [0.717, 1.165) is 22.2 Å². The van der Waals surface area contributed by atoms with Gasteiger partial charge in [-0.05, 0) is 43.5 Å². The molecule has 35 heavy (non-hydrogen) atoms. The number of nitrogens with one attached hydrogen (secondary N) is 1. The van der Waals surface area contributed by atoms with Gasteiger partial charge in [0.2, 0.25) is 5.91 Å². The maximum absolute atomic E-state index is 12.8. The SMILES string of the molecule is Cc1nn(C)c2[nH]c(=O)c(CCC(=O)N3CCN(Cc4ccc(OC(F)(F)F)cc4)CC3)c(C)c12. The van der Waals surface area contributed by atoms with Crippen LogP contribution < -0.4 is 10.3 Å². The third-order valence-corrected chi connectivity index (χ3v) is 6.43. The number of carbonyl (C=O) groups is 1. The number of aromatic amines is 1. The Morgan fingerprint density at radius 2 is 1.77 bits per heavy atom. The van der Waals surface area contributed by atoms with E-state index < -0.39 is 6.36 Å². The second-order valence-corrected chi connectivity index (χ2v) is 8.84. The average Bonchev–Trinajstić information content (AvgIpc) is 3.07. The first kappa shape index (κ1) is 24.8. The first-order valence-corrected chi connectivity index (χ1v) is 11.4. The van der Waals surface area contributed by atoms with E-state index in [0.29, 0.717) is 50.4 Å². The fourth-order valence-corrected chi connectivity index (χ4v) is 4.66. The molecule has 8 nitrogen and oxygen atoms in total. The highest BCUT2D eigenvalue weighted by atomic mass is 19.4. The van der Waals surface area contributed by atoms with Crippen LogP contribution in [0, 0.1) is 13.8 Å². The van der Waals surface area contributed by atoms with Crippen molar-refractivity contribution in [3.8, 4) is 5.75 Å². The third-order valence-electron chi connectivity index (χ3n) is 6.43. The molecule has 11 heteroatoms. The van der Waals surface area contributed by atoms with E-state index in [9.17, 15) is 22.8 Å². The van der Waals surface area contributed by atoms with E-state index in [2.05, 4.69) is 19.7 Å². The average molecular weight is 492 g/mol. The normalized spacial score (nSPS) is 15.1. The fourth-order valence-electron chi connectivity index (χ4n) is 4.66. The molecule has 1 N–H and O–H groups in total. The minimum atomic E-state index is -4.71. The Balaban J connectivity index is 1.30. The summed E-state index contributed by atoms with van der Waals surface area (Å²) in [6.45, 7) is 6.81. The number of alkyl halides is 3. The lowest BCUT2D eigenvalue weighted by Crippen LogP contribution is -2.48. The van der Waals surface area contributed by atoms with Crippen molar-refractivity contribution in [1.82, 2.24) is 24.6 Å². The third kappa shape index (κ3) is 5.67. The molecule has 3 aromatic rings. The summed E-state index contributed by atoms with van der Waals surface area (Å²) in [6, 6.07) is 5.83. The van der Waals surface area contributed by atoms with Crippen molar-refractivity contribution in [1.29, 1.82) is 0 Å². The summed E-state index contributed by atoms with van der Waals surface area (Å²) in [7, 11) is 1.78. The number of aromatic nitrogens is 3. The van der Waals surface area contributed by atoms with Crippen LogP contribution >= 0.6 is 0 Å². The molecule has 1 fully saturated rings. The van der Waals surface area contributed by atoms with Crippen LogP contribution in [0.25, 0.3) is 11.0 Å². The summed E-state index contributed by atoms with van der Waals surface area (Å²) in [4.78, 5) is 32.3. The Bertz CT molecular complexity index is 1270. The fraction of sp³-hybridized carbons (Fsp3) is 0.458. The highest BCUT2D eigenvalue weighted by molar-refractivity contribution is 5.83. The van der Waals surface area contributed by atoms with Crippen molar-refractivity contribution in [3.05, 3.63) is 57.0 Å². The number of H-pyrrole nitrogens is 1. The Morgan fingerprint density at radius 1 is 1.11 bits per heavy atom. The number of pyridine rings is 1. The maximum atomic E-state index is 12.8. The van der Waals surface area contributed by atoms with Gasteiger partial charge in [0.15, 0.2) is 0 Å². The lowest BCUT2D eigenvalue weighted by atomic mass is 10.0. The van der Waals surface area contributed by atoms with Crippen LogP contribution in [-0.4, -0.2) is 63.0 Å². The summed E-state index contributed by atoms with van der Waals surface area (Å²) in [6.07, 6.45) is -4.10. The van der Waals surface area contributed by atoms with Crippen molar-refractivity contribution >= 4 is 16.9 Å². The van der Waals surface area contributed by atoms with Crippen molar-refractivity contribution in [3.63, 3.8) is 0 Å². The summed E-state index contributed by atoms with van der Waals surface area (Å²) in [5.41, 5.74) is 3.66. The lowest BCUT2D eigenvalue weighted by molar-refractivity contribution is -0.274. The number of hydrogen-bond donors (Lipinski definition) is 1. The molecule has 4 rings (SSSR count). The predicted molar refractivity (Wildman–Crippen MR) is 124 cm³/mol. The van der Waals surface area contributed by atoms with Crippen LogP contribution in [0.3, 0.4) is 0 Å². The lowest BCUT2D eigenvalue weighted by Gasteiger charge is -2.35. The minimum absolute atomic E-state index is 0.0000999. The number of amides is 1. The van der Waals surface area contributed by atoms with E-state index in [-0.39, 0.29) is 23.6 Å². The number of ether oxygens (including phenoxy) is 1. The zero-order chi connectivity index (χ0) is 25.3. The quantitative estimate of drug-likeness (QED) is 0.573. The summed E-state index contributed by atoms with van der Waals surface area (Å²) in [5, 5.41) is 5.29. The number of fused-ring (bicyclic) bond motifs is 1. The molecule has 1 aliphatic rings. The van der Waals surface area contributed by atoms with Gasteiger partial charge in [-0.2, -0.15) is 5.10 Å². The van der Waals surface area contributed by atoms with Crippen molar-refractivity contribution in [2.45, 2.75) is 39.6 Å². The molecule has 3 heterocycles. The minimum Gasteiger partial charge on any atom is -0.406 e. The zero-order valence-electron chi connectivity index (χ0n) is 19.9. The van der Waals surface area contributed by atoms with Crippen LogP contribution in [0.15, 0.2) is 29.1 Å². The molecule has 188 valence electrons. The molecule has 1 saturated heterocycles. The molecule has 1 amide bonds. The van der Waals surface area contributed by atoms with Gasteiger partial charge in [0.25, 0.3) is 5.56 Å². The number of hydrogen-bond acceptors (Lipinski definition) is 5. The van der Waals surface area contributed by atoms with Crippen LogP contribution in [0.5, 0.6) is 5.75 Å². The van der Waals surface area contributed by atoms with E-state index in [1.165, 1.54) is 12.1 Å². The highest BCUT2D eigenvalue weighted by Gasteiger charge is 2.31. The van der Waals surface area contributed by atoms with Gasteiger partial charge in [-0.25, -0.2) is 0 Å². The van der Waals surface area contributed by atoms with Gasteiger partial charge in [0, 0.05) is 57.1 Å². The molecule has 0 spiro atoms. The molecule has 0 bridgehead atoms. The van der Waals surface area contributed by atoms with E-state index >= 15 is 0 Å². The largest absolute Gasteiger partial charge is 0.573 e. The Kier molecular flexibility index (Phi) is 6.88. The number of halogens is 3.